The molecule has 0 amide bonds. The van der Waals surface area contributed by atoms with E-state index in [9.17, 15) is 0 Å². The van der Waals surface area contributed by atoms with Gasteiger partial charge in [-0.3, -0.25) is 0 Å². The maximum atomic E-state index is 4.33. The first kappa shape index (κ1) is 11.0. The molecule has 2 heterocycles. The molecule has 1 aliphatic heterocycles. The van der Waals surface area contributed by atoms with Crippen LogP contribution in [0.25, 0.3) is 0 Å². The molecule has 2 rings (SSSR count). The summed E-state index contributed by atoms with van der Waals surface area (Å²) in [4.78, 5) is 0. The SMILES string of the molecule is CCSc1nnc([C@@H]2CCC[NH2+]C2)n1C. The van der Waals surface area contributed by atoms with Crippen LogP contribution in [0.2, 0.25) is 0 Å². The normalized spacial score (nSPS) is 21.9. The van der Waals surface area contributed by atoms with Crippen molar-refractivity contribution in [2.75, 3.05) is 18.8 Å². The number of hydrogen-bond acceptors (Lipinski definition) is 3. The van der Waals surface area contributed by atoms with Crippen molar-refractivity contribution >= 4 is 11.8 Å². The molecule has 1 saturated heterocycles. The van der Waals surface area contributed by atoms with E-state index in [4.69, 9.17) is 0 Å². The van der Waals surface area contributed by atoms with Gasteiger partial charge in [0.1, 0.15) is 5.82 Å². The van der Waals surface area contributed by atoms with Gasteiger partial charge in [-0.15, -0.1) is 10.2 Å². The van der Waals surface area contributed by atoms with E-state index in [2.05, 4.69) is 34.1 Å². The topological polar surface area (TPSA) is 47.3 Å². The predicted octanol–water partition coefficient (Wildman–Crippen LogP) is 0.368. The number of piperidine rings is 1. The summed E-state index contributed by atoms with van der Waals surface area (Å²) < 4.78 is 2.16. The molecule has 84 valence electrons. The minimum Gasteiger partial charge on any atom is -0.346 e. The molecule has 0 saturated carbocycles. The summed E-state index contributed by atoms with van der Waals surface area (Å²) in [7, 11) is 2.09. The average molecular weight is 227 g/mol. The van der Waals surface area contributed by atoms with Crippen LogP contribution < -0.4 is 5.32 Å². The molecule has 0 aromatic carbocycles. The molecule has 0 radical (unpaired) electrons. The fourth-order valence-corrected chi connectivity index (χ4v) is 2.76. The van der Waals surface area contributed by atoms with Crippen molar-refractivity contribution in [1.82, 2.24) is 14.8 Å². The molecule has 0 unspecified atom stereocenters. The molecule has 1 fully saturated rings. The number of nitrogens with two attached hydrogens (primary N) is 1. The van der Waals surface area contributed by atoms with E-state index >= 15 is 0 Å². The smallest absolute Gasteiger partial charge is 0.190 e. The van der Waals surface area contributed by atoms with Gasteiger partial charge in [0.2, 0.25) is 0 Å². The zero-order valence-corrected chi connectivity index (χ0v) is 10.3. The van der Waals surface area contributed by atoms with Gasteiger partial charge in [-0.25, -0.2) is 0 Å². The Morgan fingerprint density at radius 1 is 1.53 bits per heavy atom. The van der Waals surface area contributed by atoms with Gasteiger partial charge in [-0.1, -0.05) is 18.7 Å². The van der Waals surface area contributed by atoms with E-state index in [1.54, 1.807) is 11.8 Å². The number of rotatable bonds is 3. The highest BCUT2D eigenvalue weighted by atomic mass is 32.2. The van der Waals surface area contributed by atoms with E-state index < -0.39 is 0 Å². The second kappa shape index (κ2) is 4.99. The van der Waals surface area contributed by atoms with E-state index in [0.717, 1.165) is 10.9 Å². The Morgan fingerprint density at radius 2 is 2.40 bits per heavy atom. The fourth-order valence-electron chi connectivity index (χ4n) is 2.12. The third-order valence-corrected chi connectivity index (χ3v) is 3.82. The molecular weight excluding hydrogens is 208 g/mol. The minimum absolute atomic E-state index is 0.599. The summed E-state index contributed by atoms with van der Waals surface area (Å²) in [5.41, 5.74) is 0. The number of nitrogens with zero attached hydrogens (tertiary/aromatic N) is 3. The van der Waals surface area contributed by atoms with E-state index in [-0.39, 0.29) is 0 Å². The van der Waals surface area contributed by atoms with Crippen LogP contribution in [0.15, 0.2) is 5.16 Å². The summed E-state index contributed by atoms with van der Waals surface area (Å²) in [6, 6.07) is 0. The Kier molecular flexibility index (Phi) is 3.64. The lowest BCUT2D eigenvalue weighted by atomic mass is 9.99. The number of aromatic nitrogens is 3. The van der Waals surface area contributed by atoms with E-state index in [1.807, 2.05) is 0 Å². The van der Waals surface area contributed by atoms with Crippen LogP contribution in [0.5, 0.6) is 0 Å². The Hall–Kier alpha value is -0.550. The first-order valence-electron chi connectivity index (χ1n) is 5.66. The highest BCUT2D eigenvalue weighted by Crippen LogP contribution is 2.23. The summed E-state index contributed by atoms with van der Waals surface area (Å²) >= 11 is 1.77. The van der Waals surface area contributed by atoms with Crippen molar-refractivity contribution in [3.8, 4) is 0 Å². The molecular formula is C10H19N4S+. The van der Waals surface area contributed by atoms with E-state index in [1.165, 1.54) is 31.8 Å². The maximum absolute atomic E-state index is 4.33. The van der Waals surface area contributed by atoms with Crippen molar-refractivity contribution in [2.24, 2.45) is 7.05 Å². The highest BCUT2D eigenvalue weighted by molar-refractivity contribution is 7.99. The molecule has 1 aromatic heterocycles. The highest BCUT2D eigenvalue weighted by Gasteiger charge is 2.23. The van der Waals surface area contributed by atoms with E-state index in [0.29, 0.717) is 5.92 Å². The molecule has 4 nitrogen and oxygen atoms in total. The molecule has 0 aliphatic carbocycles. The summed E-state index contributed by atoms with van der Waals surface area (Å²) in [5.74, 6) is 2.83. The average Bonchev–Trinajstić information content (AvgIpc) is 2.63. The minimum atomic E-state index is 0.599. The van der Waals surface area contributed by atoms with Crippen LogP contribution in [-0.4, -0.2) is 33.6 Å². The first-order valence-corrected chi connectivity index (χ1v) is 6.65. The number of thioether (sulfide) groups is 1. The van der Waals surface area contributed by atoms with Crippen molar-refractivity contribution in [2.45, 2.75) is 30.8 Å². The van der Waals surface area contributed by atoms with Crippen LogP contribution in [-0.2, 0) is 7.05 Å². The zero-order valence-electron chi connectivity index (χ0n) is 9.44. The van der Waals surface area contributed by atoms with Crippen LogP contribution in [0, 0.1) is 0 Å². The van der Waals surface area contributed by atoms with Crippen molar-refractivity contribution in [3.63, 3.8) is 0 Å². The molecule has 15 heavy (non-hydrogen) atoms. The lowest BCUT2D eigenvalue weighted by molar-refractivity contribution is -0.665. The third kappa shape index (κ3) is 2.34. The Morgan fingerprint density at radius 3 is 3.07 bits per heavy atom. The number of hydrogen-bond donors (Lipinski definition) is 1. The summed E-state index contributed by atoms with van der Waals surface area (Å²) in [6.45, 7) is 4.58. The molecule has 2 N–H and O–H groups in total. The van der Waals surface area contributed by atoms with Crippen LogP contribution >= 0.6 is 11.8 Å². The van der Waals surface area contributed by atoms with Crippen molar-refractivity contribution in [1.29, 1.82) is 0 Å². The third-order valence-electron chi connectivity index (χ3n) is 2.92. The molecule has 5 heteroatoms. The standard InChI is InChI=1S/C10H18N4S/c1-3-15-10-13-12-9(14(10)2)8-5-4-6-11-7-8/h8,11H,3-7H2,1-2H3/p+1/t8-/m1/s1. The molecule has 0 bridgehead atoms. The quantitative estimate of drug-likeness (QED) is 0.759. The lowest BCUT2D eigenvalue weighted by Gasteiger charge is -2.19. The fraction of sp³-hybridized carbons (Fsp3) is 0.800. The predicted molar refractivity (Wildman–Crippen MR) is 61.0 cm³/mol. The monoisotopic (exact) mass is 227 g/mol. The van der Waals surface area contributed by atoms with Gasteiger partial charge in [0.05, 0.1) is 19.0 Å². The van der Waals surface area contributed by atoms with Crippen molar-refractivity contribution < 1.29 is 5.32 Å². The van der Waals surface area contributed by atoms with Gasteiger partial charge < -0.3 is 9.88 Å². The molecule has 1 aliphatic rings. The molecule has 0 spiro atoms. The van der Waals surface area contributed by atoms with Gasteiger partial charge in [0.15, 0.2) is 5.16 Å². The van der Waals surface area contributed by atoms with Crippen molar-refractivity contribution in [3.05, 3.63) is 5.82 Å². The van der Waals surface area contributed by atoms with Gasteiger partial charge in [-0.05, 0) is 18.6 Å². The van der Waals surface area contributed by atoms with Gasteiger partial charge in [0.25, 0.3) is 0 Å². The maximum Gasteiger partial charge on any atom is 0.190 e. The largest absolute Gasteiger partial charge is 0.346 e. The Bertz CT molecular complexity index is 317. The molecule has 1 atom stereocenters. The van der Waals surface area contributed by atoms with Gasteiger partial charge in [-0.2, -0.15) is 0 Å². The number of quaternary nitrogens is 1. The Labute approximate surface area is 94.8 Å². The summed E-state index contributed by atoms with van der Waals surface area (Å²) in [5, 5.41) is 12.0. The lowest BCUT2D eigenvalue weighted by Crippen LogP contribution is -2.86. The second-order valence-electron chi connectivity index (χ2n) is 3.99. The van der Waals surface area contributed by atoms with Gasteiger partial charge in [0, 0.05) is 7.05 Å². The second-order valence-corrected chi connectivity index (χ2v) is 5.22. The van der Waals surface area contributed by atoms with Crippen LogP contribution in [0.3, 0.4) is 0 Å². The summed E-state index contributed by atoms with van der Waals surface area (Å²) in [6.07, 6.45) is 2.56. The van der Waals surface area contributed by atoms with Crippen LogP contribution in [0.4, 0.5) is 0 Å². The molecule has 1 aromatic rings. The van der Waals surface area contributed by atoms with Crippen LogP contribution in [0.1, 0.15) is 31.5 Å². The zero-order chi connectivity index (χ0) is 10.7. The first-order chi connectivity index (χ1) is 7.33. The van der Waals surface area contributed by atoms with Gasteiger partial charge >= 0.3 is 0 Å². The Balaban J connectivity index is 2.13.